The van der Waals surface area contributed by atoms with Gasteiger partial charge >= 0.3 is 0 Å². The molecule has 0 aromatic heterocycles. The lowest BCUT2D eigenvalue weighted by molar-refractivity contribution is 0.0912. The highest BCUT2D eigenvalue weighted by Crippen LogP contribution is 2.40. The molecule has 0 unspecified atom stereocenters. The maximum Gasteiger partial charge on any atom is 0.142 e. The normalized spacial score (nSPS) is 15.2. The second-order valence-corrected chi connectivity index (χ2v) is 11.5. The molecule has 0 saturated carbocycles. The van der Waals surface area contributed by atoms with Crippen molar-refractivity contribution < 1.29 is 4.74 Å². The summed E-state index contributed by atoms with van der Waals surface area (Å²) in [7, 11) is 0. The highest BCUT2D eigenvalue weighted by atomic mass is 16.5. The molecule has 2 nitrogen and oxygen atoms in total. The van der Waals surface area contributed by atoms with Gasteiger partial charge in [0, 0.05) is 24.2 Å². The third-order valence-electron chi connectivity index (χ3n) is 6.45. The number of nitrogens with zero attached hydrogens (tertiary/aromatic N) is 1. The second kappa shape index (κ2) is 11.6. The summed E-state index contributed by atoms with van der Waals surface area (Å²) in [6.45, 7) is 19.0. The Morgan fingerprint density at radius 1 is 0.767 bits per heavy atom. The SMILES string of the molecule is CCCCCCCCCCCCN1COc2c(cc(C(C)(C)C)cc2C(C)(C)C)C1. The fourth-order valence-electron chi connectivity index (χ4n) is 4.38. The number of hydrogen-bond donors (Lipinski definition) is 0. The van der Waals surface area contributed by atoms with E-state index in [2.05, 4.69) is 65.5 Å². The highest BCUT2D eigenvalue weighted by Gasteiger charge is 2.29. The lowest BCUT2D eigenvalue weighted by Gasteiger charge is -2.35. The van der Waals surface area contributed by atoms with E-state index in [-0.39, 0.29) is 10.8 Å². The Bertz CT molecular complexity index is 635. The number of hydrogen-bond acceptors (Lipinski definition) is 2. The lowest BCUT2D eigenvalue weighted by Crippen LogP contribution is -2.34. The number of fused-ring (bicyclic) bond motifs is 1. The van der Waals surface area contributed by atoms with E-state index in [0.717, 1.165) is 25.6 Å². The molecule has 1 aliphatic rings. The molecule has 172 valence electrons. The Kier molecular flexibility index (Phi) is 9.72. The molecule has 0 saturated heterocycles. The van der Waals surface area contributed by atoms with E-state index < -0.39 is 0 Å². The Labute approximate surface area is 187 Å². The van der Waals surface area contributed by atoms with Crippen molar-refractivity contribution >= 4 is 0 Å². The molecule has 0 atom stereocenters. The van der Waals surface area contributed by atoms with Gasteiger partial charge in [-0.25, -0.2) is 0 Å². The lowest BCUT2D eigenvalue weighted by atomic mass is 9.78. The van der Waals surface area contributed by atoms with Gasteiger partial charge in [0.25, 0.3) is 0 Å². The van der Waals surface area contributed by atoms with E-state index in [1.54, 1.807) is 0 Å². The summed E-state index contributed by atoms with van der Waals surface area (Å²) in [6.07, 6.45) is 13.9. The second-order valence-electron chi connectivity index (χ2n) is 11.5. The fourth-order valence-corrected chi connectivity index (χ4v) is 4.38. The largest absolute Gasteiger partial charge is 0.477 e. The van der Waals surface area contributed by atoms with Crippen LogP contribution in [0.3, 0.4) is 0 Å². The first-order chi connectivity index (χ1) is 14.1. The fraction of sp³-hybridized carbons (Fsp3) is 0.786. The molecule has 1 aromatic rings. The van der Waals surface area contributed by atoms with Crippen LogP contribution in [0.5, 0.6) is 5.75 Å². The van der Waals surface area contributed by atoms with Crippen LogP contribution in [0.15, 0.2) is 12.1 Å². The molecule has 0 radical (unpaired) electrons. The van der Waals surface area contributed by atoms with Crippen molar-refractivity contribution in [2.45, 2.75) is 130 Å². The molecule has 2 rings (SSSR count). The van der Waals surface area contributed by atoms with Gasteiger partial charge < -0.3 is 4.74 Å². The standard InChI is InChI=1S/C28H49NO/c1-8-9-10-11-12-13-14-15-16-17-18-29-21-23-19-24(27(2,3)4)20-25(28(5,6)7)26(23)30-22-29/h19-20H,8-18,21-22H2,1-7H3. The molecule has 1 heterocycles. The van der Waals surface area contributed by atoms with Crippen LogP contribution in [0.2, 0.25) is 0 Å². The molecular weight excluding hydrogens is 366 g/mol. The van der Waals surface area contributed by atoms with Gasteiger partial charge in [0.05, 0.1) is 0 Å². The Morgan fingerprint density at radius 2 is 1.33 bits per heavy atom. The molecule has 2 heteroatoms. The first-order valence-electron chi connectivity index (χ1n) is 12.7. The summed E-state index contributed by atoms with van der Waals surface area (Å²) in [6, 6.07) is 4.78. The molecule has 0 fully saturated rings. The van der Waals surface area contributed by atoms with Gasteiger partial charge in [-0.1, -0.05) is 118 Å². The van der Waals surface area contributed by atoms with Gasteiger partial charge in [0.15, 0.2) is 0 Å². The van der Waals surface area contributed by atoms with Crippen LogP contribution in [-0.4, -0.2) is 18.2 Å². The third kappa shape index (κ3) is 7.91. The van der Waals surface area contributed by atoms with Crippen LogP contribution < -0.4 is 4.74 Å². The molecular formula is C28H49NO. The third-order valence-corrected chi connectivity index (χ3v) is 6.45. The van der Waals surface area contributed by atoms with Crippen LogP contribution >= 0.6 is 0 Å². The summed E-state index contributed by atoms with van der Waals surface area (Å²) in [4.78, 5) is 2.49. The molecule has 0 bridgehead atoms. The van der Waals surface area contributed by atoms with Gasteiger partial charge in [-0.15, -0.1) is 0 Å². The molecule has 30 heavy (non-hydrogen) atoms. The zero-order valence-corrected chi connectivity index (χ0v) is 21.2. The van der Waals surface area contributed by atoms with Crippen molar-refractivity contribution in [2.75, 3.05) is 13.3 Å². The maximum atomic E-state index is 6.33. The number of unbranched alkanes of at least 4 members (excludes halogenated alkanes) is 9. The molecule has 0 spiro atoms. The van der Waals surface area contributed by atoms with E-state index in [9.17, 15) is 0 Å². The van der Waals surface area contributed by atoms with Gasteiger partial charge in [0.2, 0.25) is 0 Å². The van der Waals surface area contributed by atoms with Crippen molar-refractivity contribution in [2.24, 2.45) is 0 Å². The van der Waals surface area contributed by atoms with E-state index in [4.69, 9.17) is 4.74 Å². The Hall–Kier alpha value is -1.02. The molecule has 0 N–H and O–H groups in total. The Balaban J connectivity index is 1.82. The average molecular weight is 416 g/mol. The number of benzene rings is 1. The number of ether oxygens (including phenoxy) is 1. The highest BCUT2D eigenvalue weighted by molar-refractivity contribution is 5.50. The molecule has 1 aromatic carbocycles. The van der Waals surface area contributed by atoms with E-state index >= 15 is 0 Å². The summed E-state index contributed by atoms with van der Waals surface area (Å²) in [5.41, 5.74) is 4.43. The van der Waals surface area contributed by atoms with Crippen molar-refractivity contribution in [3.63, 3.8) is 0 Å². The van der Waals surface area contributed by atoms with E-state index in [1.165, 1.54) is 80.9 Å². The first-order valence-corrected chi connectivity index (χ1v) is 12.7. The minimum absolute atomic E-state index is 0.101. The van der Waals surface area contributed by atoms with Gasteiger partial charge in [-0.05, 0) is 22.8 Å². The zero-order chi connectivity index (χ0) is 22.2. The summed E-state index contributed by atoms with van der Waals surface area (Å²) < 4.78 is 6.33. The minimum Gasteiger partial charge on any atom is -0.477 e. The van der Waals surface area contributed by atoms with Gasteiger partial charge in [0.1, 0.15) is 12.5 Å². The van der Waals surface area contributed by atoms with Crippen molar-refractivity contribution in [1.29, 1.82) is 0 Å². The van der Waals surface area contributed by atoms with Crippen LogP contribution in [0.1, 0.15) is 129 Å². The van der Waals surface area contributed by atoms with Crippen LogP contribution in [0.25, 0.3) is 0 Å². The summed E-state index contributed by atoms with van der Waals surface area (Å²) >= 11 is 0. The quantitative estimate of drug-likeness (QED) is 0.337. The maximum absolute atomic E-state index is 6.33. The average Bonchev–Trinajstić information content (AvgIpc) is 2.67. The molecule has 1 aliphatic heterocycles. The van der Waals surface area contributed by atoms with Gasteiger partial charge in [-0.2, -0.15) is 0 Å². The van der Waals surface area contributed by atoms with Crippen molar-refractivity contribution in [3.8, 4) is 5.75 Å². The first kappa shape index (κ1) is 25.2. The van der Waals surface area contributed by atoms with Crippen molar-refractivity contribution in [3.05, 3.63) is 28.8 Å². The zero-order valence-electron chi connectivity index (χ0n) is 21.2. The van der Waals surface area contributed by atoms with Crippen LogP contribution in [0.4, 0.5) is 0 Å². The van der Waals surface area contributed by atoms with E-state index in [0.29, 0.717) is 0 Å². The Morgan fingerprint density at radius 3 is 1.87 bits per heavy atom. The topological polar surface area (TPSA) is 12.5 Å². The smallest absolute Gasteiger partial charge is 0.142 e. The molecule has 0 amide bonds. The van der Waals surface area contributed by atoms with Crippen LogP contribution in [0, 0.1) is 0 Å². The van der Waals surface area contributed by atoms with E-state index in [1.807, 2.05) is 0 Å². The predicted octanol–water partition coefficient (Wildman–Crippen LogP) is 8.35. The summed E-state index contributed by atoms with van der Waals surface area (Å²) in [5.74, 6) is 1.15. The minimum atomic E-state index is 0.101. The number of rotatable bonds is 11. The van der Waals surface area contributed by atoms with Crippen LogP contribution in [-0.2, 0) is 17.4 Å². The monoisotopic (exact) mass is 415 g/mol. The van der Waals surface area contributed by atoms with Crippen molar-refractivity contribution in [1.82, 2.24) is 4.90 Å². The molecule has 0 aliphatic carbocycles. The van der Waals surface area contributed by atoms with Gasteiger partial charge in [-0.3, -0.25) is 4.90 Å². The predicted molar refractivity (Wildman–Crippen MR) is 132 cm³/mol. The summed E-state index contributed by atoms with van der Waals surface area (Å²) in [5, 5.41) is 0.